The maximum Gasteiger partial charge on any atom is 0.239 e. The van der Waals surface area contributed by atoms with Gasteiger partial charge in [0.2, 0.25) is 5.91 Å². The minimum absolute atomic E-state index is 0.0421. The number of hydrogen-bond donors (Lipinski definition) is 1. The van der Waals surface area contributed by atoms with Crippen molar-refractivity contribution in [3.8, 4) is 0 Å². The molecule has 0 bridgehead atoms. The number of rotatable bonds is 5. The molecule has 1 heterocycles. The van der Waals surface area contributed by atoms with Gasteiger partial charge in [-0.3, -0.25) is 4.79 Å². The molecule has 6 heteroatoms. The molecule has 1 aliphatic carbocycles. The van der Waals surface area contributed by atoms with Crippen molar-refractivity contribution < 1.29 is 4.79 Å². The number of likely N-dealkylation sites (N-methyl/N-ethyl adjacent to an activating group) is 2. The van der Waals surface area contributed by atoms with E-state index in [0.717, 1.165) is 24.5 Å². The van der Waals surface area contributed by atoms with Crippen LogP contribution in [0.1, 0.15) is 31.5 Å². The average molecular weight is 269 g/mol. The van der Waals surface area contributed by atoms with Gasteiger partial charge in [0.05, 0.1) is 6.54 Å². The van der Waals surface area contributed by atoms with Crippen molar-refractivity contribution in [2.45, 2.75) is 25.7 Å². The van der Waals surface area contributed by atoms with Crippen LogP contribution in [-0.2, 0) is 4.79 Å². The number of carbonyl (C=O) groups is 1. The van der Waals surface area contributed by atoms with Gasteiger partial charge in [-0.15, -0.1) is 0 Å². The van der Waals surface area contributed by atoms with E-state index in [-0.39, 0.29) is 12.5 Å². The van der Waals surface area contributed by atoms with E-state index < -0.39 is 0 Å². The molecule has 1 saturated carbocycles. The third-order valence-corrected chi connectivity index (χ3v) is 3.15. The van der Waals surface area contributed by atoms with Crippen molar-refractivity contribution in [2.75, 3.05) is 25.0 Å². The standard InChI is InChI=1S/C12H17ClN4O/c1-3-17(7-11(18)14-2)10-6-9(13)15-12(16-10)8-4-5-8/h6,8H,3-5,7H2,1-2H3,(H,14,18). The Balaban J connectivity index is 2.21. The molecule has 0 spiro atoms. The Morgan fingerprint density at radius 1 is 1.56 bits per heavy atom. The third kappa shape index (κ3) is 3.10. The lowest BCUT2D eigenvalue weighted by molar-refractivity contribution is -0.119. The summed E-state index contributed by atoms with van der Waals surface area (Å²) in [6.45, 7) is 2.96. The number of aromatic nitrogens is 2. The van der Waals surface area contributed by atoms with Crippen LogP contribution >= 0.6 is 11.6 Å². The lowest BCUT2D eigenvalue weighted by Gasteiger charge is -2.21. The number of amides is 1. The molecule has 1 N–H and O–H groups in total. The average Bonchev–Trinajstić information content (AvgIpc) is 3.18. The summed E-state index contributed by atoms with van der Waals surface area (Å²) in [7, 11) is 1.62. The van der Waals surface area contributed by atoms with Crippen molar-refractivity contribution >= 4 is 23.3 Å². The van der Waals surface area contributed by atoms with E-state index in [1.54, 1.807) is 13.1 Å². The summed E-state index contributed by atoms with van der Waals surface area (Å²) in [5.74, 6) is 1.93. The summed E-state index contributed by atoms with van der Waals surface area (Å²) < 4.78 is 0. The lowest BCUT2D eigenvalue weighted by Crippen LogP contribution is -2.36. The molecule has 18 heavy (non-hydrogen) atoms. The molecule has 1 aromatic rings. The van der Waals surface area contributed by atoms with Crippen LogP contribution < -0.4 is 10.2 Å². The largest absolute Gasteiger partial charge is 0.358 e. The Bertz CT molecular complexity index is 448. The van der Waals surface area contributed by atoms with E-state index in [2.05, 4.69) is 15.3 Å². The van der Waals surface area contributed by atoms with Crippen LogP contribution in [0, 0.1) is 0 Å². The van der Waals surface area contributed by atoms with Crippen molar-refractivity contribution in [2.24, 2.45) is 0 Å². The quantitative estimate of drug-likeness (QED) is 0.824. The normalized spacial score (nSPS) is 14.4. The Morgan fingerprint density at radius 2 is 2.28 bits per heavy atom. The fraction of sp³-hybridized carbons (Fsp3) is 0.583. The monoisotopic (exact) mass is 268 g/mol. The number of halogens is 1. The first kappa shape index (κ1) is 13.1. The van der Waals surface area contributed by atoms with Crippen LogP contribution in [0.15, 0.2) is 6.07 Å². The van der Waals surface area contributed by atoms with E-state index in [0.29, 0.717) is 17.6 Å². The molecule has 0 saturated heterocycles. The van der Waals surface area contributed by atoms with E-state index in [1.165, 1.54) is 0 Å². The molecule has 0 unspecified atom stereocenters. The SMILES string of the molecule is CCN(CC(=O)NC)c1cc(Cl)nc(C2CC2)n1. The number of hydrogen-bond acceptors (Lipinski definition) is 4. The van der Waals surface area contributed by atoms with Crippen LogP contribution in [-0.4, -0.2) is 36.0 Å². The van der Waals surface area contributed by atoms with Gasteiger partial charge in [0.15, 0.2) is 0 Å². The zero-order valence-corrected chi connectivity index (χ0v) is 11.4. The molecule has 1 fully saturated rings. The number of carbonyl (C=O) groups excluding carboxylic acids is 1. The molecular weight excluding hydrogens is 252 g/mol. The number of nitrogens with one attached hydrogen (secondary N) is 1. The van der Waals surface area contributed by atoms with Gasteiger partial charge < -0.3 is 10.2 Å². The van der Waals surface area contributed by atoms with Crippen molar-refractivity contribution in [3.05, 3.63) is 17.0 Å². The second-order valence-electron chi connectivity index (χ2n) is 4.37. The predicted molar refractivity (Wildman–Crippen MR) is 71.0 cm³/mol. The molecule has 0 radical (unpaired) electrons. The fourth-order valence-corrected chi connectivity index (χ4v) is 1.90. The van der Waals surface area contributed by atoms with Crippen molar-refractivity contribution in [1.82, 2.24) is 15.3 Å². The van der Waals surface area contributed by atoms with Crippen LogP contribution in [0.4, 0.5) is 5.82 Å². The zero-order valence-electron chi connectivity index (χ0n) is 10.6. The van der Waals surface area contributed by atoms with E-state index in [1.807, 2.05) is 11.8 Å². The first-order valence-corrected chi connectivity index (χ1v) is 6.51. The molecule has 98 valence electrons. The van der Waals surface area contributed by atoms with Gasteiger partial charge in [-0.2, -0.15) is 0 Å². The highest BCUT2D eigenvalue weighted by atomic mass is 35.5. The van der Waals surface area contributed by atoms with Gasteiger partial charge in [-0.25, -0.2) is 9.97 Å². The first-order chi connectivity index (χ1) is 8.63. The minimum atomic E-state index is -0.0421. The summed E-state index contributed by atoms with van der Waals surface area (Å²) in [5.41, 5.74) is 0. The molecule has 0 atom stereocenters. The Hall–Kier alpha value is -1.36. The van der Waals surface area contributed by atoms with E-state index in [4.69, 9.17) is 11.6 Å². The first-order valence-electron chi connectivity index (χ1n) is 6.14. The van der Waals surface area contributed by atoms with Gasteiger partial charge in [-0.05, 0) is 19.8 Å². The van der Waals surface area contributed by atoms with Gasteiger partial charge in [0, 0.05) is 25.6 Å². The number of anilines is 1. The summed E-state index contributed by atoms with van der Waals surface area (Å²) in [4.78, 5) is 22.1. The van der Waals surface area contributed by atoms with Gasteiger partial charge in [0.1, 0.15) is 16.8 Å². The Kier molecular flexibility index (Phi) is 4.01. The smallest absolute Gasteiger partial charge is 0.239 e. The second-order valence-corrected chi connectivity index (χ2v) is 4.76. The molecule has 1 aliphatic rings. The molecule has 1 aromatic heterocycles. The van der Waals surface area contributed by atoms with Crippen LogP contribution in [0.3, 0.4) is 0 Å². The van der Waals surface area contributed by atoms with Crippen molar-refractivity contribution in [3.63, 3.8) is 0 Å². The highest BCUT2D eigenvalue weighted by molar-refractivity contribution is 6.29. The summed E-state index contributed by atoms with van der Waals surface area (Å²) in [5, 5.41) is 3.05. The molecule has 0 aromatic carbocycles. The van der Waals surface area contributed by atoms with E-state index >= 15 is 0 Å². The Labute approximate surface area is 112 Å². The second kappa shape index (κ2) is 5.52. The van der Waals surface area contributed by atoms with E-state index in [9.17, 15) is 4.79 Å². The molecule has 5 nitrogen and oxygen atoms in total. The summed E-state index contributed by atoms with van der Waals surface area (Å²) in [6, 6.07) is 1.71. The third-order valence-electron chi connectivity index (χ3n) is 2.96. The van der Waals surface area contributed by atoms with Gasteiger partial charge >= 0.3 is 0 Å². The molecule has 2 rings (SSSR count). The van der Waals surface area contributed by atoms with Crippen LogP contribution in [0.2, 0.25) is 5.15 Å². The predicted octanol–water partition coefficient (Wildman–Crippen LogP) is 1.58. The molecule has 1 amide bonds. The lowest BCUT2D eigenvalue weighted by atomic mass is 10.3. The summed E-state index contributed by atoms with van der Waals surface area (Å²) >= 11 is 6.01. The van der Waals surface area contributed by atoms with Crippen LogP contribution in [0.5, 0.6) is 0 Å². The topological polar surface area (TPSA) is 58.1 Å². The molecular formula is C12H17ClN4O. The summed E-state index contributed by atoms with van der Waals surface area (Å²) in [6.07, 6.45) is 2.25. The fourth-order valence-electron chi connectivity index (χ4n) is 1.72. The number of nitrogens with zero attached hydrogens (tertiary/aromatic N) is 3. The van der Waals surface area contributed by atoms with Crippen LogP contribution in [0.25, 0.3) is 0 Å². The van der Waals surface area contributed by atoms with Gasteiger partial charge in [-0.1, -0.05) is 11.6 Å². The maximum absolute atomic E-state index is 11.4. The Morgan fingerprint density at radius 3 is 2.83 bits per heavy atom. The maximum atomic E-state index is 11.4. The van der Waals surface area contributed by atoms with Crippen molar-refractivity contribution in [1.29, 1.82) is 0 Å². The highest BCUT2D eigenvalue weighted by Gasteiger charge is 2.27. The highest BCUT2D eigenvalue weighted by Crippen LogP contribution is 2.39. The zero-order chi connectivity index (χ0) is 13.1. The molecule has 0 aliphatic heterocycles. The minimum Gasteiger partial charge on any atom is -0.358 e. The van der Waals surface area contributed by atoms with Gasteiger partial charge in [0.25, 0.3) is 0 Å².